The van der Waals surface area contributed by atoms with Gasteiger partial charge in [0.05, 0.1) is 0 Å². The molecule has 24 heavy (non-hydrogen) atoms. The van der Waals surface area contributed by atoms with Crippen LogP contribution in [-0.4, -0.2) is 27.4 Å². The van der Waals surface area contributed by atoms with Crippen molar-refractivity contribution in [1.29, 1.82) is 0 Å². The zero-order chi connectivity index (χ0) is 0. The smallest absolute Gasteiger partial charge is 0 e. The van der Waals surface area contributed by atoms with Crippen LogP contribution in [0.4, 0.5) is 0 Å². The van der Waals surface area contributed by atoms with E-state index in [0.29, 0.717) is 0 Å². The van der Waals surface area contributed by atoms with Gasteiger partial charge in [-0.15, -0.1) is 0 Å². The fourth-order valence-electron chi connectivity index (χ4n) is 0. The van der Waals surface area contributed by atoms with Gasteiger partial charge in [0, 0.05) is 370 Å². The van der Waals surface area contributed by atoms with E-state index < -0.39 is 0 Å². The van der Waals surface area contributed by atoms with Crippen molar-refractivity contribution in [2.24, 2.45) is 0 Å². The van der Waals surface area contributed by atoms with Crippen molar-refractivity contribution in [3.8, 4) is 0 Å². The number of rotatable bonds is 0. The molecule has 0 aromatic carbocycles. The minimum Gasteiger partial charge on any atom is -0.412 e. The maximum atomic E-state index is 0. The molecule has 0 amide bonds. The standard InChI is InChI=1S/5H2O.19Zn/h5*1H2;;;;;;;;;;;;;;;;;;;. The van der Waals surface area contributed by atoms with Crippen LogP contribution in [0.3, 0.4) is 0 Å². The molecule has 0 aliphatic heterocycles. The summed E-state index contributed by atoms with van der Waals surface area (Å²) in [5.41, 5.74) is 0. The molecule has 0 unspecified atom stereocenters. The van der Waals surface area contributed by atoms with Crippen LogP contribution in [0.2, 0.25) is 0 Å². The zero-order valence-corrected chi connectivity index (χ0v) is 72.3. The second kappa shape index (κ2) is 289. The third-order valence-electron chi connectivity index (χ3n) is 0. The molecule has 0 aromatic rings. The molecular weight excluding hydrogens is 1320 g/mol. The Morgan fingerprint density at radius 1 is 0.0833 bits per heavy atom. The Hall–Kier alpha value is 11.6. The molecule has 78 valence electrons. The van der Waals surface area contributed by atoms with Gasteiger partial charge in [-0.25, -0.2) is 0 Å². The summed E-state index contributed by atoms with van der Waals surface area (Å²) in [6.45, 7) is 0. The van der Waals surface area contributed by atoms with E-state index in [9.17, 15) is 0 Å². The molecular formula is H10O5Zn19. The maximum Gasteiger partial charge on any atom is 0 e. The van der Waals surface area contributed by atoms with Crippen molar-refractivity contribution in [2.45, 2.75) is 0 Å². The van der Waals surface area contributed by atoms with E-state index in [4.69, 9.17) is 0 Å². The molecule has 0 saturated carbocycles. The second-order valence-electron chi connectivity index (χ2n) is 0. The molecule has 0 heterocycles. The van der Waals surface area contributed by atoms with E-state index in [1.54, 1.807) is 0 Å². The molecule has 5 nitrogen and oxygen atoms in total. The Bertz CT molecular complexity index is 17.7. The van der Waals surface area contributed by atoms with Crippen LogP contribution < -0.4 is 0 Å². The molecule has 24 heteroatoms. The van der Waals surface area contributed by atoms with Crippen LogP contribution >= 0.6 is 0 Å². The first-order valence-electron chi connectivity index (χ1n) is 0. The molecule has 0 aliphatic rings. The number of hydrogen-bond acceptors (Lipinski definition) is 0. The summed E-state index contributed by atoms with van der Waals surface area (Å²) in [4.78, 5) is 0. The van der Waals surface area contributed by atoms with E-state index in [1.807, 2.05) is 0 Å². The minimum absolute atomic E-state index is 0. The van der Waals surface area contributed by atoms with E-state index in [0.717, 1.165) is 0 Å². The molecule has 0 aromatic heterocycles. The number of hydrogen-bond donors (Lipinski definition) is 0. The first kappa shape index (κ1) is 316. The van der Waals surface area contributed by atoms with Crippen molar-refractivity contribution in [1.82, 2.24) is 0 Å². The van der Waals surface area contributed by atoms with Crippen LogP contribution in [-0.2, 0) is 370 Å². The summed E-state index contributed by atoms with van der Waals surface area (Å²) >= 11 is 0. The average molecular weight is 1330 g/mol. The van der Waals surface area contributed by atoms with Gasteiger partial charge >= 0.3 is 0 Å². The van der Waals surface area contributed by atoms with E-state index in [1.165, 1.54) is 0 Å². The summed E-state index contributed by atoms with van der Waals surface area (Å²) < 4.78 is 0. The van der Waals surface area contributed by atoms with Gasteiger partial charge in [0.25, 0.3) is 0 Å². The Balaban J connectivity index is 0. The Morgan fingerprint density at radius 3 is 0.0833 bits per heavy atom. The fraction of sp³-hybridized carbons (Fsp3) is 0. The van der Waals surface area contributed by atoms with Crippen molar-refractivity contribution in [3.63, 3.8) is 0 Å². The predicted octanol–water partition coefficient (Wildman–Crippen LogP) is -4.17. The Labute approximate surface area is 388 Å². The van der Waals surface area contributed by atoms with Crippen LogP contribution in [0.15, 0.2) is 0 Å². The molecule has 0 saturated heterocycles. The minimum atomic E-state index is 0. The predicted molar refractivity (Wildman–Crippen MR) is 18.1 cm³/mol. The van der Waals surface area contributed by atoms with E-state index in [2.05, 4.69) is 0 Å². The average Bonchev–Trinajstić information content (AvgIpc) is 0. The van der Waals surface area contributed by atoms with Crippen LogP contribution in [0, 0.1) is 0 Å². The molecule has 0 radical (unpaired) electrons. The molecule has 0 aliphatic carbocycles. The van der Waals surface area contributed by atoms with Gasteiger partial charge in [-0.1, -0.05) is 0 Å². The molecule has 0 rings (SSSR count). The van der Waals surface area contributed by atoms with Crippen LogP contribution in [0.1, 0.15) is 0 Å². The van der Waals surface area contributed by atoms with Crippen molar-refractivity contribution in [2.75, 3.05) is 0 Å². The SMILES string of the molecule is O.O.O.O.O.[Zn].[Zn].[Zn].[Zn].[Zn].[Zn].[Zn].[Zn].[Zn].[Zn].[Zn].[Zn].[Zn].[Zn].[Zn].[Zn].[Zn].[Zn].[Zn]. The Kier molecular flexibility index (Phi) is 3800. The first-order valence-corrected chi connectivity index (χ1v) is 0. The monoisotopic (exact) mass is 1300 g/mol. The van der Waals surface area contributed by atoms with Gasteiger partial charge in [0.15, 0.2) is 0 Å². The van der Waals surface area contributed by atoms with Gasteiger partial charge in [-0.05, 0) is 0 Å². The van der Waals surface area contributed by atoms with Gasteiger partial charge < -0.3 is 27.4 Å². The molecule has 10 N–H and O–H groups in total. The van der Waals surface area contributed by atoms with Gasteiger partial charge in [0.2, 0.25) is 0 Å². The summed E-state index contributed by atoms with van der Waals surface area (Å²) in [5, 5.41) is 0. The van der Waals surface area contributed by atoms with Crippen molar-refractivity contribution >= 4 is 0 Å². The fourth-order valence-corrected chi connectivity index (χ4v) is 0. The zero-order valence-electron chi connectivity index (χ0n) is 15.9. The van der Waals surface area contributed by atoms with E-state index in [-0.39, 0.29) is 397 Å². The first-order chi connectivity index (χ1) is 0. The summed E-state index contributed by atoms with van der Waals surface area (Å²) in [7, 11) is 0. The normalized spacial score (nSPS) is 0. The molecule has 0 fully saturated rings. The molecule has 0 spiro atoms. The van der Waals surface area contributed by atoms with E-state index >= 15 is 0 Å². The van der Waals surface area contributed by atoms with Gasteiger partial charge in [0.1, 0.15) is 0 Å². The summed E-state index contributed by atoms with van der Waals surface area (Å²) in [6, 6.07) is 0. The van der Waals surface area contributed by atoms with Crippen molar-refractivity contribution < 1.29 is 397 Å². The largest absolute Gasteiger partial charge is 0.412 e. The van der Waals surface area contributed by atoms with Gasteiger partial charge in [-0.2, -0.15) is 0 Å². The van der Waals surface area contributed by atoms with Crippen LogP contribution in [0.25, 0.3) is 0 Å². The molecule has 0 atom stereocenters. The second-order valence-corrected chi connectivity index (χ2v) is 0. The third-order valence-corrected chi connectivity index (χ3v) is 0. The maximum absolute atomic E-state index is 0. The Morgan fingerprint density at radius 2 is 0.0833 bits per heavy atom. The molecule has 0 bridgehead atoms. The summed E-state index contributed by atoms with van der Waals surface area (Å²) in [6.07, 6.45) is 0. The quantitative estimate of drug-likeness (QED) is 0.216. The van der Waals surface area contributed by atoms with Crippen molar-refractivity contribution in [3.05, 3.63) is 0 Å². The summed E-state index contributed by atoms with van der Waals surface area (Å²) in [5.74, 6) is 0. The topological polar surface area (TPSA) is 158 Å². The van der Waals surface area contributed by atoms with Gasteiger partial charge in [-0.3, -0.25) is 0 Å². The third kappa shape index (κ3) is 264. The van der Waals surface area contributed by atoms with Crippen LogP contribution in [0.5, 0.6) is 0 Å².